The molecule has 4 aromatic rings. The fourth-order valence-corrected chi connectivity index (χ4v) is 5.01. The van der Waals surface area contributed by atoms with E-state index in [-0.39, 0.29) is 12.3 Å². The maximum Gasteiger partial charge on any atom is 0.416 e. The molecule has 0 bridgehead atoms. The van der Waals surface area contributed by atoms with Gasteiger partial charge in [-0.2, -0.15) is 0 Å². The fourth-order valence-electron chi connectivity index (χ4n) is 5.01. The van der Waals surface area contributed by atoms with Crippen molar-refractivity contribution in [1.82, 2.24) is 9.88 Å². The highest BCUT2D eigenvalue weighted by atomic mass is 16.7. The highest BCUT2D eigenvalue weighted by molar-refractivity contribution is 5.79. The van der Waals surface area contributed by atoms with E-state index in [2.05, 4.69) is 4.98 Å². The van der Waals surface area contributed by atoms with Crippen LogP contribution in [-0.2, 0) is 32.0 Å². The summed E-state index contributed by atoms with van der Waals surface area (Å²) < 4.78 is 32.4. The number of ether oxygens (including phenoxy) is 5. The molecule has 2 heterocycles. The first-order valence-corrected chi connectivity index (χ1v) is 15.5. The van der Waals surface area contributed by atoms with Crippen LogP contribution in [0.5, 0.6) is 17.2 Å². The van der Waals surface area contributed by atoms with Gasteiger partial charge in [0.2, 0.25) is 12.2 Å². The van der Waals surface area contributed by atoms with Crippen LogP contribution in [0.25, 0.3) is 11.5 Å². The highest BCUT2D eigenvalue weighted by Gasteiger charge is 2.48. The Bertz CT molecular complexity index is 1740. The Labute approximate surface area is 286 Å². The summed E-state index contributed by atoms with van der Waals surface area (Å²) >= 11 is 0. The number of hydrogen-bond acceptors (Lipinski definition) is 13. The van der Waals surface area contributed by atoms with E-state index >= 15 is 0 Å². The lowest BCUT2D eigenvalue weighted by Crippen LogP contribution is -2.60. The molecule has 1 aliphatic rings. The third kappa shape index (κ3) is 8.95. The van der Waals surface area contributed by atoms with Gasteiger partial charge in [0.1, 0.15) is 47.9 Å². The van der Waals surface area contributed by atoms with E-state index in [4.69, 9.17) is 28.1 Å². The third-order valence-electron chi connectivity index (χ3n) is 7.72. The molecule has 1 amide bonds. The Morgan fingerprint density at radius 3 is 2.18 bits per heavy atom. The van der Waals surface area contributed by atoms with Crippen LogP contribution < -0.4 is 14.2 Å². The van der Waals surface area contributed by atoms with Gasteiger partial charge in [0.05, 0.1) is 19.4 Å². The molecule has 50 heavy (non-hydrogen) atoms. The number of carbonyl (C=O) groups excluding carboxylic acids is 2. The van der Waals surface area contributed by atoms with Crippen molar-refractivity contribution < 1.29 is 62.9 Å². The molecule has 15 heteroatoms. The first kappa shape index (κ1) is 35.8. The lowest BCUT2D eigenvalue weighted by molar-refractivity contribution is -0.286. The predicted octanol–water partition coefficient (Wildman–Crippen LogP) is 2.72. The summed E-state index contributed by atoms with van der Waals surface area (Å²) in [5, 5.41) is 39.5. The minimum absolute atomic E-state index is 0.141. The molecule has 3 aromatic carbocycles. The number of carboxylic acids is 1. The number of aliphatic hydroxyl groups excluding tert-OH is 3. The van der Waals surface area contributed by atoms with Crippen molar-refractivity contribution in [1.29, 1.82) is 0 Å². The Morgan fingerprint density at radius 2 is 1.52 bits per heavy atom. The van der Waals surface area contributed by atoms with Crippen molar-refractivity contribution >= 4 is 18.0 Å². The summed E-state index contributed by atoms with van der Waals surface area (Å²) in [6, 6.07) is 22.5. The number of oxazole rings is 1. The molecule has 0 radical (unpaired) electrons. The summed E-state index contributed by atoms with van der Waals surface area (Å²) in [6.07, 6.45) is -10.3. The lowest BCUT2D eigenvalue weighted by Gasteiger charge is -2.38. The monoisotopic (exact) mass is 692 g/mol. The van der Waals surface area contributed by atoms with E-state index < -0.39 is 55.3 Å². The number of nitrogens with zero attached hydrogens (tertiary/aromatic N) is 2. The average molecular weight is 693 g/mol. The number of aromatic nitrogens is 1. The zero-order valence-corrected chi connectivity index (χ0v) is 27.1. The predicted molar refractivity (Wildman–Crippen MR) is 172 cm³/mol. The molecule has 15 nitrogen and oxygen atoms in total. The lowest BCUT2D eigenvalue weighted by atomic mass is 9.99. The highest BCUT2D eigenvalue weighted by Crippen LogP contribution is 2.25. The number of aryl methyl sites for hydroxylation is 1. The van der Waals surface area contributed by atoms with E-state index in [0.717, 1.165) is 16.2 Å². The Hall–Kier alpha value is -5.48. The number of aliphatic carboxylic acids is 1. The molecule has 4 N–H and O–H groups in total. The van der Waals surface area contributed by atoms with Crippen LogP contribution in [0.1, 0.15) is 17.0 Å². The van der Waals surface area contributed by atoms with Crippen molar-refractivity contribution in [2.24, 2.45) is 0 Å². The van der Waals surface area contributed by atoms with Gasteiger partial charge in [-0.05, 0) is 61.0 Å². The van der Waals surface area contributed by atoms with Gasteiger partial charge in [-0.15, -0.1) is 0 Å². The van der Waals surface area contributed by atoms with E-state index in [1.165, 1.54) is 19.2 Å². The van der Waals surface area contributed by atoms with Gasteiger partial charge in [0, 0.05) is 18.5 Å². The second-order valence-corrected chi connectivity index (χ2v) is 11.3. The fraction of sp³-hybridized carbons (Fsp3) is 0.314. The molecule has 5 atom stereocenters. The summed E-state index contributed by atoms with van der Waals surface area (Å²) in [6.45, 7) is 1.29. The second kappa shape index (κ2) is 16.3. The Morgan fingerprint density at radius 1 is 0.860 bits per heavy atom. The van der Waals surface area contributed by atoms with Crippen molar-refractivity contribution in [2.45, 2.75) is 50.6 Å². The summed E-state index contributed by atoms with van der Waals surface area (Å²) in [7, 11) is 1.48. The Balaban J connectivity index is 1.22. The number of aliphatic hydroxyl groups is 3. The van der Waals surface area contributed by atoms with Gasteiger partial charge in [-0.3, -0.25) is 9.69 Å². The number of esters is 1. The van der Waals surface area contributed by atoms with Gasteiger partial charge in [0.25, 0.3) is 0 Å². The molecule has 0 spiro atoms. The number of amides is 1. The molecule has 5 rings (SSSR count). The SMILES string of the molecule is COc1ccc(OC(=O)N(CC(=O)O[C@H]2O[C@H](C(=O)O)[C@H](O)[C@H](O)[C@H]2O)Cc2ccc(OCCc3nc(-c4ccccc4)oc3C)cc2)cc1. The van der Waals surface area contributed by atoms with Crippen molar-refractivity contribution in [3.8, 4) is 28.7 Å². The van der Waals surface area contributed by atoms with Gasteiger partial charge in [-0.1, -0.05) is 30.3 Å². The zero-order chi connectivity index (χ0) is 35.8. The number of benzene rings is 3. The maximum atomic E-state index is 13.3. The molecular formula is C35H36N2O13. The van der Waals surface area contributed by atoms with Crippen LogP contribution in [0.3, 0.4) is 0 Å². The number of rotatable bonds is 13. The maximum absolute atomic E-state index is 13.3. The molecule has 1 aromatic heterocycles. The van der Waals surface area contributed by atoms with Crippen LogP contribution in [0.2, 0.25) is 0 Å². The van der Waals surface area contributed by atoms with Crippen molar-refractivity contribution in [3.05, 3.63) is 95.9 Å². The number of hydrogen-bond donors (Lipinski definition) is 4. The standard InChI is InChI=1S/C35H36N2O13/c1-20-26(36-32(47-20)22-6-4-3-5-7-22)16-17-46-24-10-8-21(9-11-24)18-37(35(44)48-25-14-12-23(45-2)13-15-25)19-27(38)49-34-30(41)28(39)29(40)31(50-34)33(42)43/h3-15,28-31,34,39-41H,16-19H2,1-2H3,(H,42,43)/t28-,29+,30+,31-,34-/m0/s1. The van der Waals surface area contributed by atoms with E-state index in [0.29, 0.717) is 41.7 Å². The van der Waals surface area contributed by atoms with Gasteiger partial charge in [-0.25, -0.2) is 14.6 Å². The van der Waals surface area contributed by atoms with E-state index in [1.54, 1.807) is 36.4 Å². The minimum atomic E-state index is -1.98. The van der Waals surface area contributed by atoms with Gasteiger partial charge in [0.15, 0.2) is 6.10 Å². The quantitative estimate of drug-likeness (QED) is 0.149. The van der Waals surface area contributed by atoms with Crippen LogP contribution in [-0.4, -0.2) is 99.3 Å². The van der Waals surface area contributed by atoms with Crippen LogP contribution in [0.4, 0.5) is 4.79 Å². The molecule has 0 aliphatic carbocycles. The minimum Gasteiger partial charge on any atom is -0.497 e. The van der Waals surface area contributed by atoms with Gasteiger partial charge >= 0.3 is 18.0 Å². The number of carboxylic acid groups (broad SMARTS) is 1. The number of methoxy groups -OCH3 is 1. The van der Waals surface area contributed by atoms with Crippen LogP contribution >= 0.6 is 0 Å². The molecule has 264 valence electrons. The second-order valence-electron chi connectivity index (χ2n) is 11.3. The van der Waals surface area contributed by atoms with E-state index in [1.807, 2.05) is 37.3 Å². The molecular weight excluding hydrogens is 656 g/mol. The summed E-state index contributed by atoms with van der Waals surface area (Å²) in [4.78, 5) is 43.2. The smallest absolute Gasteiger partial charge is 0.416 e. The normalized spacial score (nSPS) is 20.1. The first-order valence-electron chi connectivity index (χ1n) is 15.5. The summed E-state index contributed by atoms with van der Waals surface area (Å²) in [5.41, 5.74) is 2.22. The first-order chi connectivity index (χ1) is 24.0. The van der Waals surface area contributed by atoms with Crippen LogP contribution in [0, 0.1) is 6.92 Å². The molecule has 0 saturated carbocycles. The third-order valence-corrected chi connectivity index (χ3v) is 7.72. The van der Waals surface area contributed by atoms with Crippen molar-refractivity contribution in [3.63, 3.8) is 0 Å². The molecule has 1 fully saturated rings. The average Bonchev–Trinajstić information content (AvgIpc) is 3.49. The largest absolute Gasteiger partial charge is 0.497 e. The molecule has 1 aliphatic heterocycles. The number of carbonyl (C=O) groups is 3. The van der Waals surface area contributed by atoms with Crippen molar-refractivity contribution in [2.75, 3.05) is 20.3 Å². The Kier molecular flexibility index (Phi) is 11.7. The molecule has 0 unspecified atom stereocenters. The van der Waals surface area contributed by atoms with E-state index in [9.17, 15) is 34.8 Å². The summed E-state index contributed by atoms with van der Waals surface area (Å²) in [5.74, 6) is -0.309. The zero-order valence-electron chi connectivity index (χ0n) is 27.1. The van der Waals surface area contributed by atoms with Crippen LogP contribution in [0.15, 0.2) is 83.3 Å². The molecule has 1 saturated heterocycles. The topological polar surface area (TPSA) is 208 Å². The van der Waals surface area contributed by atoms with Gasteiger partial charge < -0.3 is 48.5 Å².